The fourth-order valence-corrected chi connectivity index (χ4v) is 2.32. The Balaban J connectivity index is 2.26. The summed E-state index contributed by atoms with van der Waals surface area (Å²) in [5, 5.41) is 2.93. The summed E-state index contributed by atoms with van der Waals surface area (Å²) in [7, 11) is 0. The first-order chi connectivity index (χ1) is 9.77. The van der Waals surface area contributed by atoms with Crippen LogP contribution in [0.1, 0.15) is 11.1 Å². The number of hydrogen-bond acceptors (Lipinski definition) is 1. The molecule has 0 spiro atoms. The number of rotatable bonds is 3. The van der Waals surface area contributed by atoms with Crippen molar-refractivity contribution in [3.63, 3.8) is 0 Å². The molecule has 0 aliphatic heterocycles. The predicted molar refractivity (Wildman–Crippen MR) is 77.9 cm³/mol. The van der Waals surface area contributed by atoms with Gasteiger partial charge in [-0.2, -0.15) is 13.2 Å². The van der Waals surface area contributed by atoms with Crippen molar-refractivity contribution < 1.29 is 17.6 Å². The van der Waals surface area contributed by atoms with E-state index < -0.39 is 17.6 Å². The fourth-order valence-electron chi connectivity index (χ4n) is 1.77. The van der Waals surface area contributed by atoms with Crippen molar-refractivity contribution in [2.45, 2.75) is 12.7 Å². The summed E-state index contributed by atoms with van der Waals surface area (Å²) in [4.78, 5) is 0. The molecule has 0 saturated heterocycles. The van der Waals surface area contributed by atoms with Crippen LogP contribution >= 0.6 is 27.5 Å². The van der Waals surface area contributed by atoms with Crippen LogP contribution in [-0.2, 0) is 12.7 Å². The Morgan fingerprint density at radius 1 is 1.10 bits per heavy atom. The van der Waals surface area contributed by atoms with Gasteiger partial charge in [0.1, 0.15) is 5.82 Å². The van der Waals surface area contributed by atoms with Crippen LogP contribution in [0.25, 0.3) is 0 Å². The van der Waals surface area contributed by atoms with Gasteiger partial charge in [0.15, 0.2) is 0 Å². The highest BCUT2D eigenvalue weighted by Gasteiger charge is 2.33. The Kier molecular flexibility index (Phi) is 4.78. The third kappa shape index (κ3) is 4.11. The van der Waals surface area contributed by atoms with Gasteiger partial charge in [-0.15, -0.1) is 0 Å². The number of hydrogen-bond donors (Lipinski definition) is 1. The monoisotopic (exact) mass is 381 g/mol. The predicted octanol–water partition coefficient (Wildman–Crippen LogP) is 5.87. The first-order valence-corrected chi connectivity index (χ1v) is 6.99. The maximum absolute atomic E-state index is 13.1. The second-order valence-electron chi connectivity index (χ2n) is 4.28. The summed E-state index contributed by atoms with van der Waals surface area (Å²) in [5.74, 6) is -0.497. The molecule has 0 aromatic heterocycles. The topological polar surface area (TPSA) is 12.0 Å². The summed E-state index contributed by atoms with van der Waals surface area (Å²) >= 11 is 8.89. The second kappa shape index (κ2) is 6.23. The summed E-state index contributed by atoms with van der Waals surface area (Å²) in [6.07, 6.45) is -4.49. The Bertz CT molecular complexity index is 658. The van der Waals surface area contributed by atoms with E-state index in [1.807, 2.05) is 0 Å². The maximum Gasteiger partial charge on any atom is 0.418 e. The van der Waals surface area contributed by atoms with Crippen LogP contribution < -0.4 is 5.32 Å². The molecule has 21 heavy (non-hydrogen) atoms. The van der Waals surface area contributed by atoms with Gasteiger partial charge in [-0.25, -0.2) is 4.39 Å². The van der Waals surface area contributed by atoms with Crippen molar-refractivity contribution in [1.82, 2.24) is 0 Å². The van der Waals surface area contributed by atoms with E-state index in [0.29, 0.717) is 10.0 Å². The minimum atomic E-state index is -4.49. The van der Waals surface area contributed by atoms with E-state index in [2.05, 4.69) is 21.2 Å². The smallest absolute Gasteiger partial charge is 0.380 e. The second-order valence-corrected chi connectivity index (χ2v) is 5.60. The molecule has 7 heteroatoms. The molecule has 0 aliphatic rings. The van der Waals surface area contributed by atoms with Crippen LogP contribution in [0.5, 0.6) is 0 Å². The molecule has 0 heterocycles. The first kappa shape index (κ1) is 16.1. The van der Waals surface area contributed by atoms with Gasteiger partial charge in [0.2, 0.25) is 0 Å². The van der Waals surface area contributed by atoms with E-state index in [0.717, 1.165) is 6.07 Å². The third-order valence-electron chi connectivity index (χ3n) is 2.76. The van der Waals surface area contributed by atoms with E-state index in [-0.39, 0.29) is 17.3 Å². The zero-order chi connectivity index (χ0) is 15.6. The zero-order valence-corrected chi connectivity index (χ0v) is 12.8. The van der Waals surface area contributed by atoms with Crippen LogP contribution in [0.4, 0.5) is 23.2 Å². The third-order valence-corrected chi connectivity index (χ3v) is 3.63. The number of nitrogens with one attached hydrogen (secondary N) is 1. The molecule has 0 amide bonds. The lowest BCUT2D eigenvalue weighted by Gasteiger charge is -2.15. The molecule has 1 N–H and O–H groups in total. The molecule has 0 aliphatic carbocycles. The number of halogens is 6. The van der Waals surface area contributed by atoms with Gasteiger partial charge < -0.3 is 5.32 Å². The maximum atomic E-state index is 13.1. The average Bonchev–Trinajstić information content (AvgIpc) is 2.40. The lowest BCUT2D eigenvalue weighted by atomic mass is 10.1. The first-order valence-electron chi connectivity index (χ1n) is 5.82. The lowest BCUT2D eigenvalue weighted by Crippen LogP contribution is -2.11. The highest BCUT2D eigenvalue weighted by Crippen LogP contribution is 2.36. The van der Waals surface area contributed by atoms with Gasteiger partial charge in [0, 0.05) is 21.7 Å². The van der Waals surface area contributed by atoms with Crippen molar-refractivity contribution >= 4 is 33.2 Å². The summed E-state index contributed by atoms with van der Waals surface area (Å²) in [5.41, 5.74) is -0.511. The Labute approximate surface area is 132 Å². The fraction of sp³-hybridized carbons (Fsp3) is 0.143. The van der Waals surface area contributed by atoms with Gasteiger partial charge in [-0.05, 0) is 42.0 Å². The van der Waals surface area contributed by atoms with E-state index in [4.69, 9.17) is 11.6 Å². The number of anilines is 1. The Morgan fingerprint density at radius 2 is 1.81 bits per heavy atom. The highest BCUT2D eigenvalue weighted by molar-refractivity contribution is 9.10. The van der Waals surface area contributed by atoms with Crippen molar-refractivity contribution in [1.29, 1.82) is 0 Å². The summed E-state index contributed by atoms with van der Waals surface area (Å²) < 4.78 is 52.3. The molecule has 0 unspecified atom stereocenters. The summed E-state index contributed by atoms with van der Waals surface area (Å²) in [6.45, 7) is -0.0126. The van der Waals surface area contributed by atoms with Crippen LogP contribution in [0.2, 0.25) is 5.02 Å². The number of alkyl halides is 3. The molecule has 1 nitrogen and oxygen atoms in total. The van der Waals surface area contributed by atoms with Crippen LogP contribution in [-0.4, -0.2) is 0 Å². The quantitative estimate of drug-likeness (QED) is 0.654. The largest absolute Gasteiger partial charge is 0.418 e. The molecular formula is C14H9BrClF4N. The van der Waals surface area contributed by atoms with E-state index >= 15 is 0 Å². The molecule has 0 atom stereocenters. The Morgan fingerprint density at radius 3 is 2.48 bits per heavy atom. The van der Waals surface area contributed by atoms with E-state index in [9.17, 15) is 17.6 Å². The highest BCUT2D eigenvalue weighted by atomic mass is 79.9. The molecule has 0 fully saturated rings. The van der Waals surface area contributed by atoms with E-state index in [1.165, 1.54) is 30.3 Å². The molecule has 0 saturated carbocycles. The van der Waals surface area contributed by atoms with Gasteiger partial charge in [-0.3, -0.25) is 0 Å². The average molecular weight is 383 g/mol. The number of benzene rings is 2. The molecule has 2 aromatic carbocycles. The Hall–Kier alpha value is -1.27. The minimum absolute atomic E-state index is 0.0126. The minimum Gasteiger partial charge on any atom is -0.380 e. The SMILES string of the molecule is Fc1ccc(Cl)c(CNc2ccc(Br)cc2C(F)(F)F)c1. The molecule has 112 valence electrons. The lowest BCUT2D eigenvalue weighted by molar-refractivity contribution is -0.137. The van der Waals surface area contributed by atoms with Crippen LogP contribution in [0.3, 0.4) is 0 Å². The standard InChI is InChI=1S/C14H9BrClF4N/c15-9-1-4-13(11(6-9)14(18,19)20)21-7-8-5-10(17)2-3-12(8)16/h1-6,21H,7H2. The normalized spacial score (nSPS) is 11.5. The van der Waals surface area contributed by atoms with Gasteiger partial charge in [0.05, 0.1) is 5.56 Å². The van der Waals surface area contributed by atoms with Crippen molar-refractivity contribution in [2.24, 2.45) is 0 Å². The van der Waals surface area contributed by atoms with Crippen molar-refractivity contribution in [3.8, 4) is 0 Å². The molecule has 0 bridgehead atoms. The summed E-state index contributed by atoms with van der Waals surface area (Å²) in [6, 6.07) is 7.51. The van der Waals surface area contributed by atoms with E-state index in [1.54, 1.807) is 0 Å². The van der Waals surface area contributed by atoms with Gasteiger partial charge in [-0.1, -0.05) is 27.5 Å². The van der Waals surface area contributed by atoms with Gasteiger partial charge in [0.25, 0.3) is 0 Å². The molecule has 2 rings (SSSR count). The molecular weight excluding hydrogens is 374 g/mol. The zero-order valence-electron chi connectivity index (χ0n) is 10.4. The molecule has 0 radical (unpaired) electrons. The van der Waals surface area contributed by atoms with Crippen LogP contribution in [0.15, 0.2) is 40.9 Å². The molecule has 2 aromatic rings. The van der Waals surface area contributed by atoms with Crippen LogP contribution in [0, 0.1) is 5.82 Å². The van der Waals surface area contributed by atoms with Crippen molar-refractivity contribution in [3.05, 3.63) is 62.8 Å². The van der Waals surface area contributed by atoms with Crippen molar-refractivity contribution in [2.75, 3.05) is 5.32 Å². The van der Waals surface area contributed by atoms with Gasteiger partial charge >= 0.3 is 6.18 Å².